The van der Waals surface area contributed by atoms with Gasteiger partial charge < -0.3 is 14.2 Å². The zero-order chi connectivity index (χ0) is 20.5. The molecule has 2 rings (SSSR count). The number of hydrogen-bond acceptors (Lipinski definition) is 6. The lowest BCUT2D eigenvalue weighted by molar-refractivity contribution is -0.146. The fourth-order valence-corrected chi connectivity index (χ4v) is 2.27. The molecule has 0 spiro atoms. The van der Waals surface area contributed by atoms with Gasteiger partial charge in [0.15, 0.2) is 0 Å². The van der Waals surface area contributed by atoms with Crippen LogP contribution in [0.15, 0.2) is 54.1 Å². The van der Waals surface area contributed by atoms with E-state index < -0.39 is 17.9 Å². The zero-order valence-electron chi connectivity index (χ0n) is 16.1. The van der Waals surface area contributed by atoms with Gasteiger partial charge in [0.05, 0.1) is 18.8 Å². The van der Waals surface area contributed by atoms with Crippen LogP contribution in [0.3, 0.4) is 0 Å². The van der Waals surface area contributed by atoms with Gasteiger partial charge in [0.25, 0.3) is 0 Å². The maximum atomic E-state index is 12.2. The van der Waals surface area contributed by atoms with Gasteiger partial charge in [-0.05, 0) is 56.7 Å². The summed E-state index contributed by atoms with van der Waals surface area (Å²) in [6.07, 6.45) is 1.38. The summed E-state index contributed by atoms with van der Waals surface area (Å²) in [5.74, 6) is -1.63. The first-order chi connectivity index (χ1) is 13.4. The molecule has 0 saturated heterocycles. The second kappa shape index (κ2) is 10.1. The number of rotatable bonds is 7. The molecule has 0 N–H and O–H groups in total. The molecule has 0 aliphatic heterocycles. The molecule has 28 heavy (non-hydrogen) atoms. The van der Waals surface area contributed by atoms with Crippen molar-refractivity contribution in [3.05, 3.63) is 70.8 Å². The van der Waals surface area contributed by atoms with Crippen LogP contribution in [0, 0.1) is 6.92 Å². The Morgan fingerprint density at radius 1 is 0.821 bits per heavy atom. The Balaban J connectivity index is 2.15. The summed E-state index contributed by atoms with van der Waals surface area (Å²) in [5.41, 5.74) is 1.85. The average molecular weight is 382 g/mol. The van der Waals surface area contributed by atoms with Crippen molar-refractivity contribution in [2.24, 2.45) is 0 Å². The van der Waals surface area contributed by atoms with E-state index in [2.05, 4.69) is 0 Å². The van der Waals surface area contributed by atoms with Crippen LogP contribution >= 0.6 is 0 Å². The molecule has 2 aromatic rings. The van der Waals surface area contributed by atoms with Gasteiger partial charge >= 0.3 is 17.9 Å². The Hall–Kier alpha value is -3.41. The summed E-state index contributed by atoms with van der Waals surface area (Å²) < 4.78 is 15.1. The van der Waals surface area contributed by atoms with Gasteiger partial charge in [0, 0.05) is 0 Å². The van der Waals surface area contributed by atoms with Crippen LogP contribution in [0.25, 0.3) is 6.08 Å². The van der Waals surface area contributed by atoms with Crippen LogP contribution in [-0.2, 0) is 19.1 Å². The van der Waals surface area contributed by atoms with E-state index in [1.807, 2.05) is 19.1 Å². The Morgan fingerprint density at radius 2 is 1.36 bits per heavy atom. The standard InChI is InChI=1S/C22H22O6/c1-4-26-21(24)19(22(25)27-5-2)14-16-8-12-18(13-9-16)28-20(23)17-10-6-15(3)7-11-17/h6-14H,4-5H2,1-3H3. The van der Waals surface area contributed by atoms with Crippen LogP contribution in [0.1, 0.15) is 35.3 Å². The first-order valence-corrected chi connectivity index (χ1v) is 8.89. The monoisotopic (exact) mass is 382 g/mol. The number of esters is 3. The quantitative estimate of drug-likeness (QED) is 0.239. The highest BCUT2D eigenvalue weighted by molar-refractivity contribution is 6.17. The molecular formula is C22H22O6. The van der Waals surface area contributed by atoms with E-state index in [1.165, 1.54) is 6.08 Å². The van der Waals surface area contributed by atoms with Crippen molar-refractivity contribution in [3.63, 3.8) is 0 Å². The molecule has 6 nitrogen and oxygen atoms in total. The fourth-order valence-electron chi connectivity index (χ4n) is 2.27. The summed E-state index contributed by atoms with van der Waals surface area (Å²) >= 11 is 0. The van der Waals surface area contributed by atoms with Gasteiger partial charge in [-0.25, -0.2) is 14.4 Å². The third-order valence-electron chi connectivity index (χ3n) is 3.68. The predicted molar refractivity (Wildman–Crippen MR) is 104 cm³/mol. The minimum Gasteiger partial charge on any atom is -0.462 e. The number of hydrogen-bond donors (Lipinski definition) is 0. The van der Waals surface area contributed by atoms with Crippen LogP contribution in [-0.4, -0.2) is 31.1 Å². The van der Waals surface area contributed by atoms with Crippen molar-refractivity contribution in [3.8, 4) is 5.75 Å². The second-order valence-electron chi connectivity index (χ2n) is 5.82. The molecule has 0 heterocycles. The Kier molecular flexibility index (Phi) is 7.51. The Labute approximate surface area is 163 Å². The van der Waals surface area contributed by atoms with Crippen molar-refractivity contribution < 1.29 is 28.6 Å². The number of ether oxygens (including phenoxy) is 3. The predicted octanol–water partition coefficient (Wildman–Crippen LogP) is 3.72. The maximum Gasteiger partial charge on any atom is 0.345 e. The molecule has 0 atom stereocenters. The molecule has 6 heteroatoms. The summed E-state index contributed by atoms with van der Waals surface area (Å²) in [5, 5.41) is 0. The average Bonchev–Trinajstić information content (AvgIpc) is 2.68. The largest absolute Gasteiger partial charge is 0.462 e. The van der Waals surface area contributed by atoms with Crippen molar-refractivity contribution in [1.82, 2.24) is 0 Å². The van der Waals surface area contributed by atoms with E-state index in [4.69, 9.17) is 14.2 Å². The first-order valence-electron chi connectivity index (χ1n) is 8.89. The minimum absolute atomic E-state index is 0.142. The molecule has 0 aliphatic carbocycles. The Morgan fingerprint density at radius 3 is 1.86 bits per heavy atom. The van der Waals surface area contributed by atoms with Crippen molar-refractivity contribution in [2.45, 2.75) is 20.8 Å². The van der Waals surface area contributed by atoms with E-state index >= 15 is 0 Å². The highest BCUT2D eigenvalue weighted by Gasteiger charge is 2.21. The third-order valence-corrected chi connectivity index (χ3v) is 3.68. The van der Waals surface area contributed by atoms with Gasteiger partial charge in [-0.2, -0.15) is 0 Å². The summed E-state index contributed by atoms with van der Waals surface area (Å²) in [6.45, 7) is 5.52. The summed E-state index contributed by atoms with van der Waals surface area (Å²) in [7, 11) is 0. The SMILES string of the molecule is CCOC(=O)C(=Cc1ccc(OC(=O)c2ccc(C)cc2)cc1)C(=O)OCC. The highest BCUT2D eigenvalue weighted by Crippen LogP contribution is 2.17. The second-order valence-corrected chi connectivity index (χ2v) is 5.82. The number of aryl methyl sites for hydroxylation is 1. The van der Waals surface area contributed by atoms with Crippen molar-refractivity contribution in [1.29, 1.82) is 0 Å². The lowest BCUT2D eigenvalue weighted by Crippen LogP contribution is -2.18. The van der Waals surface area contributed by atoms with Crippen molar-refractivity contribution >= 4 is 24.0 Å². The summed E-state index contributed by atoms with van der Waals surface area (Å²) in [6, 6.07) is 13.4. The molecule has 0 saturated carbocycles. The third kappa shape index (κ3) is 5.81. The lowest BCUT2D eigenvalue weighted by atomic mass is 10.1. The normalized spacial score (nSPS) is 9.96. The van der Waals surface area contributed by atoms with E-state index in [-0.39, 0.29) is 18.8 Å². The molecule has 146 valence electrons. The molecule has 0 radical (unpaired) electrons. The van der Waals surface area contributed by atoms with E-state index in [0.717, 1.165) is 5.56 Å². The van der Waals surface area contributed by atoms with Crippen LogP contribution in [0.4, 0.5) is 0 Å². The molecule has 0 aromatic heterocycles. The molecular weight excluding hydrogens is 360 g/mol. The number of carbonyl (C=O) groups excluding carboxylic acids is 3. The molecule has 0 unspecified atom stereocenters. The smallest absolute Gasteiger partial charge is 0.345 e. The molecule has 0 amide bonds. The zero-order valence-corrected chi connectivity index (χ0v) is 16.1. The molecule has 2 aromatic carbocycles. The molecule has 0 fully saturated rings. The summed E-state index contributed by atoms with van der Waals surface area (Å²) in [4.78, 5) is 36.1. The number of carbonyl (C=O) groups is 3. The van der Waals surface area contributed by atoms with Gasteiger partial charge in [0.2, 0.25) is 0 Å². The highest BCUT2D eigenvalue weighted by atomic mass is 16.6. The number of benzene rings is 2. The van der Waals surface area contributed by atoms with E-state index in [9.17, 15) is 14.4 Å². The minimum atomic E-state index is -0.754. The van der Waals surface area contributed by atoms with Gasteiger partial charge in [-0.1, -0.05) is 29.8 Å². The van der Waals surface area contributed by atoms with Crippen LogP contribution in [0.5, 0.6) is 5.75 Å². The topological polar surface area (TPSA) is 78.9 Å². The van der Waals surface area contributed by atoms with E-state index in [1.54, 1.807) is 50.2 Å². The fraction of sp³-hybridized carbons (Fsp3) is 0.227. The van der Waals surface area contributed by atoms with Gasteiger partial charge in [-0.3, -0.25) is 0 Å². The van der Waals surface area contributed by atoms with Gasteiger partial charge in [-0.15, -0.1) is 0 Å². The maximum absolute atomic E-state index is 12.2. The van der Waals surface area contributed by atoms with Crippen molar-refractivity contribution in [2.75, 3.05) is 13.2 Å². The van der Waals surface area contributed by atoms with Crippen LogP contribution < -0.4 is 4.74 Å². The molecule has 0 bridgehead atoms. The van der Waals surface area contributed by atoms with Crippen LogP contribution in [0.2, 0.25) is 0 Å². The lowest BCUT2D eigenvalue weighted by Gasteiger charge is -2.07. The van der Waals surface area contributed by atoms with Gasteiger partial charge in [0.1, 0.15) is 11.3 Å². The van der Waals surface area contributed by atoms with E-state index in [0.29, 0.717) is 16.9 Å². The molecule has 0 aliphatic rings. The Bertz CT molecular complexity index is 843. The first kappa shape index (κ1) is 20.9.